The first-order valence-corrected chi connectivity index (χ1v) is 8.48. The summed E-state index contributed by atoms with van der Waals surface area (Å²) in [6, 6.07) is 0. The minimum absolute atomic E-state index is 0.227. The van der Waals surface area contributed by atoms with Crippen LogP contribution in [0.3, 0.4) is 0 Å². The summed E-state index contributed by atoms with van der Waals surface area (Å²) in [4.78, 5) is 11.7. The first kappa shape index (κ1) is 19.4. The van der Waals surface area contributed by atoms with Crippen LogP contribution < -0.4 is 0 Å². The smallest absolute Gasteiger partial charge is 0.481 e. The number of rotatable bonds is 11. The van der Waals surface area contributed by atoms with E-state index in [4.69, 9.17) is 5.11 Å². The van der Waals surface area contributed by atoms with Gasteiger partial charge in [0.15, 0.2) is 0 Å². The molecule has 0 radical (unpaired) electrons. The zero-order valence-corrected chi connectivity index (χ0v) is 13.4. The third-order valence-corrected chi connectivity index (χ3v) is 3.49. The molecule has 112 valence electrons. The van der Waals surface area contributed by atoms with Gasteiger partial charge in [-0.25, -0.2) is 0 Å². The number of unbranched alkanes of at least 4 members (excludes halogenated alkanes) is 7. The van der Waals surface area contributed by atoms with E-state index in [2.05, 4.69) is 11.5 Å². The van der Waals surface area contributed by atoms with Crippen LogP contribution in [0.5, 0.6) is 0 Å². The Balaban J connectivity index is 3.40. The van der Waals surface area contributed by atoms with E-state index in [-0.39, 0.29) is 22.3 Å². The maximum absolute atomic E-state index is 10.4. The van der Waals surface area contributed by atoms with Crippen LogP contribution in [-0.2, 0) is 13.9 Å². The van der Waals surface area contributed by atoms with Crippen molar-refractivity contribution in [1.29, 1.82) is 0 Å². The second-order valence-corrected chi connectivity index (χ2v) is 5.27. The van der Waals surface area contributed by atoms with Gasteiger partial charge in [-0.15, -0.1) is 0 Å². The first-order chi connectivity index (χ1) is 9.70. The third-order valence-electron chi connectivity index (χ3n) is 2.85. The quantitative estimate of drug-likeness (QED) is 0.349. The molecule has 0 aliphatic carbocycles. The average Bonchev–Trinajstić information content (AvgIpc) is 2.41. The number of nitrogens with zero attached hydrogens (tertiary/aromatic N) is 1. The second-order valence-electron chi connectivity index (χ2n) is 4.51. The second kappa shape index (κ2) is 14.9. The topological polar surface area (TPSA) is 74.7 Å². The summed E-state index contributed by atoms with van der Waals surface area (Å²) in [5.41, 5.74) is 0. The molecule has 0 aromatic heterocycles. The minimum atomic E-state index is -0.716. The van der Waals surface area contributed by atoms with Crippen molar-refractivity contribution in [2.24, 2.45) is 0 Å². The standard InChI is InChI=1S/C13H21NO4P2/c15-13(16)9-7-5-3-1-2-4-6-8-10-14(11-19-17)12-20-18/h1-10H2,(H,15,16). The van der Waals surface area contributed by atoms with E-state index in [0.717, 1.165) is 51.4 Å². The summed E-state index contributed by atoms with van der Waals surface area (Å²) in [5.74, 6) is 4.29. The van der Waals surface area contributed by atoms with Crippen LogP contribution in [0.25, 0.3) is 0 Å². The fourth-order valence-electron chi connectivity index (χ4n) is 1.83. The Morgan fingerprint density at radius 2 is 1.30 bits per heavy atom. The fraction of sp³-hybridized carbons (Fsp3) is 0.769. The Bertz CT molecular complexity index is 441. The molecule has 0 aliphatic heterocycles. The molecule has 0 bridgehead atoms. The third kappa shape index (κ3) is 13.9. The van der Waals surface area contributed by atoms with Gasteiger partial charge in [-0.1, -0.05) is 0 Å². The Kier molecular flexibility index (Phi) is 14.4. The molecule has 1 N–H and O–H groups in total. The van der Waals surface area contributed by atoms with Crippen LogP contribution in [0, 0.1) is 11.5 Å². The minimum Gasteiger partial charge on any atom is -0.481 e. The SMILES string of the molecule is O=P#CN(C#P=O)CCCCCCCCCCC(=O)O. The van der Waals surface area contributed by atoms with Crippen molar-refractivity contribution in [2.45, 2.75) is 57.8 Å². The molecule has 0 unspecified atom stereocenters. The average molecular weight is 317 g/mol. The normalized spacial score (nSPS) is 9.85. The molecule has 0 aromatic rings. The number of hydrogen-bond acceptors (Lipinski definition) is 4. The summed E-state index contributed by atoms with van der Waals surface area (Å²) in [6.07, 6.45) is 8.50. The number of hydrogen-bond donors (Lipinski definition) is 1. The Morgan fingerprint density at radius 1 is 0.850 bits per heavy atom. The number of carboxylic acid groups (broad SMARTS) is 1. The predicted molar refractivity (Wildman–Crippen MR) is 78.9 cm³/mol. The van der Waals surface area contributed by atoms with E-state index >= 15 is 0 Å². The van der Waals surface area contributed by atoms with Crippen LogP contribution >= 0.6 is 15.8 Å². The van der Waals surface area contributed by atoms with Crippen molar-refractivity contribution in [1.82, 2.24) is 4.90 Å². The Hall–Kier alpha value is -0.550. The van der Waals surface area contributed by atoms with Crippen LogP contribution in [0.4, 0.5) is 0 Å². The molecule has 0 aromatic carbocycles. The molecule has 0 fully saturated rings. The van der Waals surface area contributed by atoms with Crippen molar-refractivity contribution in [3.8, 4) is 11.5 Å². The van der Waals surface area contributed by atoms with Crippen LogP contribution in [0.15, 0.2) is 0 Å². The van der Waals surface area contributed by atoms with Crippen LogP contribution in [0.2, 0.25) is 0 Å². The zero-order valence-electron chi connectivity index (χ0n) is 11.6. The van der Waals surface area contributed by atoms with Gasteiger partial charge in [0.2, 0.25) is 0 Å². The molecule has 0 spiro atoms. The van der Waals surface area contributed by atoms with Gasteiger partial charge < -0.3 is 5.11 Å². The van der Waals surface area contributed by atoms with Crippen molar-refractivity contribution in [3.63, 3.8) is 0 Å². The van der Waals surface area contributed by atoms with Gasteiger partial charge in [-0.05, 0) is 0 Å². The van der Waals surface area contributed by atoms with Gasteiger partial charge in [-0.2, -0.15) is 0 Å². The van der Waals surface area contributed by atoms with Gasteiger partial charge >= 0.3 is 112 Å². The number of carbonyl (C=O) groups is 1. The van der Waals surface area contributed by atoms with E-state index in [1.54, 1.807) is 0 Å². The summed E-state index contributed by atoms with van der Waals surface area (Å²) >= 11 is 0. The Labute approximate surface area is 122 Å². The van der Waals surface area contributed by atoms with E-state index in [9.17, 15) is 13.9 Å². The molecule has 0 atom stereocenters. The van der Waals surface area contributed by atoms with Gasteiger partial charge in [0.25, 0.3) is 0 Å². The summed E-state index contributed by atoms with van der Waals surface area (Å²) in [5, 5.41) is 8.48. The molecule has 0 heterocycles. The van der Waals surface area contributed by atoms with E-state index in [1.807, 2.05) is 0 Å². The molecule has 0 aliphatic rings. The first-order valence-electron chi connectivity index (χ1n) is 6.86. The molecule has 0 saturated carbocycles. The molecule has 0 rings (SSSR count). The van der Waals surface area contributed by atoms with Gasteiger partial charge in [-0.3, -0.25) is 4.79 Å². The van der Waals surface area contributed by atoms with Crippen molar-refractivity contribution >= 4 is 21.8 Å². The van der Waals surface area contributed by atoms with E-state index in [1.165, 1.54) is 4.90 Å². The summed E-state index contributed by atoms with van der Waals surface area (Å²) < 4.78 is 20.7. The van der Waals surface area contributed by atoms with Gasteiger partial charge in [0.1, 0.15) is 0 Å². The molecule has 0 saturated heterocycles. The number of aliphatic carboxylic acids is 1. The predicted octanol–water partition coefficient (Wildman–Crippen LogP) is 4.30. The van der Waals surface area contributed by atoms with Crippen molar-refractivity contribution in [3.05, 3.63) is 0 Å². The van der Waals surface area contributed by atoms with Gasteiger partial charge in [0.05, 0.1) is 0 Å². The molecule has 20 heavy (non-hydrogen) atoms. The molecular formula is C13H21NO4P2. The van der Waals surface area contributed by atoms with E-state index < -0.39 is 5.97 Å². The molecule has 7 heteroatoms. The maximum atomic E-state index is 10.4. The van der Waals surface area contributed by atoms with Crippen molar-refractivity contribution < 1.29 is 19.0 Å². The fourth-order valence-corrected chi connectivity index (χ4v) is 2.40. The van der Waals surface area contributed by atoms with E-state index in [0.29, 0.717) is 6.54 Å². The monoisotopic (exact) mass is 317 g/mol. The summed E-state index contributed by atoms with van der Waals surface area (Å²) in [7, 11) is -0.454. The number of carboxylic acids is 1. The molecular weight excluding hydrogens is 296 g/mol. The molecule has 5 nitrogen and oxygen atoms in total. The Morgan fingerprint density at radius 3 is 1.75 bits per heavy atom. The zero-order chi connectivity index (χ0) is 15.1. The van der Waals surface area contributed by atoms with Crippen LogP contribution in [-0.4, -0.2) is 22.5 Å². The van der Waals surface area contributed by atoms with Crippen molar-refractivity contribution in [2.75, 3.05) is 6.54 Å². The molecule has 0 amide bonds. The van der Waals surface area contributed by atoms with Crippen LogP contribution in [0.1, 0.15) is 57.8 Å². The summed E-state index contributed by atoms with van der Waals surface area (Å²) in [6.45, 7) is 0.628. The van der Waals surface area contributed by atoms with Gasteiger partial charge in [0, 0.05) is 0 Å².